The molecule has 2 N–H and O–H groups in total. The zero-order chi connectivity index (χ0) is 19.2. The van der Waals surface area contributed by atoms with Gasteiger partial charge in [0.2, 0.25) is 0 Å². The largest absolute Gasteiger partial charge is 0.361 e. The summed E-state index contributed by atoms with van der Waals surface area (Å²) in [6.45, 7) is 9.27. The number of likely N-dealkylation sites (N-methyl/N-ethyl adjacent to an activating group) is 1. The van der Waals surface area contributed by atoms with Crippen LogP contribution < -0.4 is 15.5 Å². The number of anilines is 1. The highest BCUT2D eigenvalue weighted by atomic mass is 16.5. The van der Waals surface area contributed by atoms with Crippen LogP contribution in [0.2, 0.25) is 0 Å². The summed E-state index contributed by atoms with van der Waals surface area (Å²) in [5.74, 6) is 2.63. The van der Waals surface area contributed by atoms with E-state index in [1.54, 1.807) is 7.05 Å². The van der Waals surface area contributed by atoms with Crippen molar-refractivity contribution in [2.75, 3.05) is 45.2 Å². The highest BCUT2D eigenvalue weighted by Gasteiger charge is 2.18. The number of nitrogens with zero attached hydrogens (tertiary/aromatic N) is 5. The van der Waals surface area contributed by atoms with Gasteiger partial charge in [-0.3, -0.25) is 4.99 Å². The Hall–Kier alpha value is -2.61. The Bertz CT molecular complexity index is 759. The van der Waals surface area contributed by atoms with Gasteiger partial charge in [0.25, 0.3) is 0 Å². The first-order valence-corrected chi connectivity index (χ1v) is 9.32. The number of piperazine rings is 1. The minimum atomic E-state index is 0.624. The molecule has 1 aliphatic heterocycles. The summed E-state index contributed by atoms with van der Waals surface area (Å²) >= 11 is 0. The van der Waals surface area contributed by atoms with Crippen molar-refractivity contribution in [3.8, 4) is 0 Å². The van der Waals surface area contributed by atoms with Crippen molar-refractivity contribution >= 4 is 11.8 Å². The molecule has 0 aromatic carbocycles. The Morgan fingerprint density at radius 2 is 1.93 bits per heavy atom. The molecule has 0 bridgehead atoms. The normalized spacial score (nSPS) is 15.9. The molecule has 0 aliphatic carbocycles. The zero-order valence-corrected chi connectivity index (χ0v) is 16.6. The molecule has 1 fully saturated rings. The van der Waals surface area contributed by atoms with Crippen LogP contribution in [0.15, 0.2) is 27.8 Å². The second-order valence-electron chi connectivity index (χ2n) is 6.86. The molecule has 1 aliphatic rings. The van der Waals surface area contributed by atoms with Crippen molar-refractivity contribution in [2.24, 2.45) is 4.99 Å². The molecule has 0 spiro atoms. The molecule has 2 aromatic rings. The molecule has 146 valence electrons. The lowest BCUT2D eigenvalue weighted by molar-refractivity contribution is 0.312. The van der Waals surface area contributed by atoms with Gasteiger partial charge < -0.3 is 25.0 Å². The zero-order valence-electron chi connectivity index (χ0n) is 16.6. The number of hydrogen-bond acceptors (Lipinski definition) is 6. The average molecular weight is 371 g/mol. The van der Waals surface area contributed by atoms with Crippen LogP contribution >= 0.6 is 0 Å². The summed E-state index contributed by atoms with van der Waals surface area (Å²) in [5.41, 5.74) is 3.14. The fourth-order valence-corrected chi connectivity index (χ4v) is 3.20. The van der Waals surface area contributed by atoms with Crippen molar-refractivity contribution in [3.05, 3.63) is 40.9 Å². The van der Waals surface area contributed by atoms with Gasteiger partial charge in [0.1, 0.15) is 11.6 Å². The Morgan fingerprint density at radius 1 is 1.19 bits per heavy atom. The van der Waals surface area contributed by atoms with Gasteiger partial charge in [-0.2, -0.15) is 0 Å². The van der Waals surface area contributed by atoms with Crippen molar-refractivity contribution in [2.45, 2.75) is 26.9 Å². The van der Waals surface area contributed by atoms with Gasteiger partial charge in [0, 0.05) is 63.6 Å². The highest BCUT2D eigenvalue weighted by Crippen LogP contribution is 2.18. The van der Waals surface area contributed by atoms with Crippen LogP contribution in [0, 0.1) is 13.8 Å². The van der Waals surface area contributed by atoms with Gasteiger partial charge in [-0.15, -0.1) is 0 Å². The summed E-state index contributed by atoms with van der Waals surface area (Å²) in [4.78, 5) is 13.6. The number of aromatic nitrogens is 2. The SMILES string of the molecule is CN=C(NCc1cccnc1N1CCN(C)CC1)NCc1c(C)noc1C. The third-order valence-electron chi connectivity index (χ3n) is 4.95. The molecule has 8 heteroatoms. The summed E-state index contributed by atoms with van der Waals surface area (Å²) in [6, 6.07) is 4.10. The molecule has 0 atom stereocenters. The van der Waals surface area contributed by atoms with Gasteiger partial charge in [0.15, 0.2) is 5.96 Å². The maximum Gasteiger partial charge on any atom is 0.191 e. The maximum absolute atomic E-state index is 5.21. The van der Waals surface area contributed by atoms with Crippen molar-refractivity contribution in [1.82, 2.24) is 25.7 Å². The van der Waals surface area contributed by atoms with E-state index in [4.69, 9.17) is 4.52 Å². The standard InChI is InChI=1S/C19H29N7O/c1-14-17(15(2)27-24-14)13-23-19(20-3)22-12-16-6-5-7-21-18(16)26-10-8-25(4)9-11-26/h5-7H,8-13H2,1-4H3,(H2,20,22,23). The van der Waals surface area contributed by atoms with E-state index in [0.29, 0.717) is 13.1 Å². The van der Waals surface area contributed by atoms with E-state index in [1.807, 2.05) is 26.1 Å². The number of hydrogen-bond donors (Lipinski definition) is 2. The van der Waals surface area contributed by atoms with Gasteiger partial charge in [-0.05, 0) is 27.0 Å². The van der Waals surface area contributed by atoms with Gasteiger partial charge in [-0.25, -0.2) is 4.98 Å². The van der Waals surface area contributed by atoms with Gasteiger partial charge in [0.05, 0.1) is 5.69 Å². The Kier molecular flexibility index (Phi) is 6.28. The van der Waals surface area contributed by atoms with Crippen LogP contribution in [-0.4, -0.2) is 61.3 Å². The van der Waals surface area contributed by atoms with E-state index in [1.165, 1.54) is 5.56 Å². The van der Waals surface area contributed by atoms with E-state index >= 15 is 0 Å². The molecule has 27 heavy (non-hydrogen) atoms. The lowest BCUT2D eigenvalue weighted by Crippen LogP contribution is -2.45. The first kappa shape index (κ1) is 19.2. The monoisotopic (exact) mass is 371 g/mol. The molecule has 3 heterocycles. The number of pyridine rings is 1. The number of aliphatic imine (C=N–C) groups is 1. The molecule has 3 rings (SSSR count). The van der Waals surface area contributed by atoms with Crippen LogP contribution in [0.3, 0.4) is 0 Å². The molecule has 0 amide bonds. The summed E-state index contributed by atoms with van der Waals surface area (Å²) in [6.07, 6.45) is 1.86. The fraction of sp³-hybridized carbons (Fsp3) is 0.526. The second kappa shape index (κ2) is 8.85. The average Bonchev–Trinajstić information content (AvgIpc) is 3.01. The molecule has 8 nitrogen and oxygen atoms in total. The number of rotatable bonds is 5. The Morgan fingerprint density at radius 3 is 2.59 bits per heavy atom. The van der Waals surface area contributed by atoms with E-state index < -0.39 is 0 Å². The fourth-order valence-electron chi connectivity index (χ4n) is 3.20. The minimum absolute atomic E-state index is 0.624. The van der Waals surface area contributed by atoms with E-state index in [0.717, 1.165) is 55.0 Å². The van der Waals surface area contributed by atoms with Crippen molar-refractivity contribution in [1.29, 1.82) is 0 Å². The number of aryl methyl sites for hydroxylation is 2. The second-order valence-corrected chi connectivity index (χ2v) is 6.86. The van der Waals surface area contributed by atoms with Crippen LogP contribution in [-0.2, 0) is 13.1 Å². The predicted molar refractivity (Wildman–Crippen MR) is 107 cm³/mol. The minimum Gasteiger partial charge on any atom is -0.361 e. The Balaban J connectivity index is 1.60. The first-order valence-electron chi connectivity index (χ1n) is 9.32. The quantitative estimate of drug-likeness (QED) is 0.606. The van der Waals surface area contributed by atoms with Crippen molar-refractivity contribution < 1.29 is 4.52 Å². The van der Waals surface area contributed by atoms with Crippen LogP contribution in [0.25, 0.3) is 0 Å². The number of guanidine groups is 1. The van der Waals surface area contributed by atoms with Gasteiger partial charge in [-0.1, -0.05) is 11.2 Å². The highest BCUT2D eigenvalue weighted by molar-refractivity contribution is 5.79. The lowest BCUT2D eigenvalue weighted by Gasteiger charge is -2.34. The molecular weight excluding hydrogens is 342 g/mol. The van der Waals surface area contributed by atoms with E-state index in [9.17, 15) is 0 Å². The molecule has 1 saturated heterocycles. The lowest BCUT2D eigenvalue weighted by atomic mass is 10.2. The summed E-state index contributed by atoms with van der Waals surface area (Å²) < 4.78 is 5.21. The molecule has 2 aromatic heterocycles. The smallest absolute Gasteiger partial charge is 0.191 e. The third-order valence-corrected chi connectivity index (χ3v) is 4.95. The Labute approximate surface area is 160 Å². The van der Waals surface area contributed by atoms with Crippen molar-refractivity contribution in [3.63, 3.8) is 0 Å². The van der Waals surface area contributed by atoms with E-state index in [2.05, 4.69) is 48.7 Å². The van der Waals surface area contributed by atoms with Crippen LogP contribution in [0.1, 0.15) is 22.6 Å². The molecular formula is C19H29N7O. The van der Waals surface area contributed by atoms with E-state index in [-0.39, 0.29) is 0 Å². The third kappa shape index (κ3) is 4.77. The number of nitrogens with one attached hydrogen (secondary N) is 2. The summed E-state index contributed by atoms with van der Waals surface area (Å²) in [5, 5.41) is 10.7. The maximum atomic E-state index is 5.21. The predicted octanol–water partition coefficient (Wildman–Crippen LogP) is 1.30. The molecule has 0 saturated carbocycles. The topological polar surface area (TPSA) is 81.8 Å². The molecule has 0 radical (unpaired) electrons. The van der Waals surface area contributed by atoms with Gasteiger partial charge >= 0.3 is 0 Å². The van der Waals surface area contributed by atoms with Crippen LogP contribution in [0.4, 0.5) is 5.82 Å². The van der Waals surface area contributed by atoms with Crippen LogP contribution in [0.5, 0.6) is 0 Å². The molecule has 0 unspecified atom stereocenters. The summed E-state index contributed by atoms with van der Waals surface area (Å²) in [7, 11) is 3.93. The first-order chi connectivity index (χ1) is 13.1.